The van der Waals surface area contributed by atoms with Gasteiger partial charge in [-0.3, -0.25) is 9.59 Å². The summed E-state index contributed by atoms with van der Waals surface area (Å²) >= 11 is 0. The van der Waals surface area contributed by atoms with Crippen LogP contribution in [0.4, 0.5) is 0 Å². The number of rotatable bonds is 6. The maximum atomic E-state index is 12.7. The number of carbonyl (C=O) groups is 2. The minimum atomic E-state index is 0.214. The fourth-order valence-corrected chi connectivity index (χ4v) is 6.22. The molecule has 3 atom stereocenters. The Balaban J connectivity index is 1.16. The molecule has 158 valence electrons. The van der Waals surface area contributed by atoms with Crippen molar-refractivity contribution < 1.29 is 9.59 Å². The number of fused-ring (bicyclic) bond motifs is 2. The average Bonchev–Trinajstić information content (AvgIpc) is 3.35. The van der Waals surface area contributed by atoms with Crippen LogP contribution in [0, 0.1) is 17.8 Å². The van der Waals surface area contributed by atoms with E-state index in [4.69, 9.17) is 0 Å². The Labute approximate surface area is 170 Å². The molecule has 3 unspecified atom stereocenters. The molecule has 2 aliphatic carbocycles. The van der Waals surface area contributed by atoms with Gasteiger partial charge in [-0.2, -0.15) is 0 Å². The SMILES string of the molecule is CCCCC(=O)N1CCC(N2CCC(C(=O)NC3CC4CCC3C4)CC2)CC1. The third-order valence-corrected chi connectivity index (χ3v) is 8.04. The third-order valence-electron chi connectivity index (χ3n) is 8.04. The van der Waals surface area contributed by atoms with E-state index in [1.807, 2.05) is 0 Å². The van der Waals surface area contributed by atoms with Gasteiger partial charge in [0.2, 0.25) is 11.8 Å². The fraction of sp³-hybridized carbons (Fsp3) is 0.913. The molecule has 2 saturated heterocycles. The van der Waals surface area contributed by atoms with Gasteiger partial charge in [-0.25, -0.2) is 0 Å². The molecule has 4 rings (SSSR count). The van der Waals surface area contributed by atoms with Crippen molar-refractivity contribution in [2.45, 2.75) is 89.6 Å². The number of piperidine rings is 2. The van der Waals surface area contributed by atoms with Gasteiger partial charge in [0.1, 0.15) is 0 Å². The first kappa shape index (κ1) is 20.2. The van der Waals surface area contributed by atoms with Crippen LogP contribution in [0.5, 0.6) is 0 Å². The van der Waals surface area contributed by atoms with Gasteiger partial charge in [0.25, 0.3) is 0 Å². The van der Waals surface area contributed by atoms with Crippen LogP contribution in [0.15, 0.2) is 0 Å². The zero-order chi connectivity index (χ0) is 19.5. The monoisotopic (exact) mass is 389 g/mol. The van der Waals surface area contributed by atoms with E-state index in [1.165, 1.54) is 25.7 Å². The number of likely N-dealkylation sites (tertiary alicyclic amines) is 2. The number of amides is 2. The molecule has 2 aliphatic heterocycles. The molecule has 4 aliphatic rings. The van der Waals surface area contributed by atoms with E-state index in [2.05, 4.69) is 22.0 Å². The van der Waals surface area contributed by atoms with Crippen LogP contribution >= 0.6 is 0 Å². The van der Waals surface area contributed by atoms with Crippen LogP contribution in [0.1, 0.15) is 77.6 Å². The predicted molar refractivity (Wildman–Crippen MR) is 111 cm³/mol. The molecule has 0 spiro atoms. The standard InChI is InChI=1S/C23H39N3O2/c1-2-3-4-22(27)26-13-9-20(10-14-26)25-11-7-18(8-12-25)23(28)24-21-16-17-5-6-19(21)15-17/h17-21H,2-16H2,1H3,(H,24,28). The Morgan fingerprint density at radius 3 is 2.29 bits per heavy atom. The molecule has 0 aromatic carbocycles. The Morgan fingerprint density at radius 1 is 0.929 bits per heavy atom. The molecular weight excluding hydrogens is 350 g/mol. The molecule has 2 amide bonds. The molecule has 0 aromatic rings. The summed E-state index contributed by atoms with van der Waals surface area (Å²) in [7, 11) is 0. The molecule has 2 saturated carbocycles. The van der Waals surface area contributed by atoms with Crippen molar-refractivity contribution in [2.75, 3.05) is 26.2 Å². The van der Waals surface area contributed by atoms with Crippen molar-refractivity contribution in [3.8, 4) is 0 Å². The minimum Gasteiger partial charge on any atom is -0.353 e. The summed E-state index contributed by atoms with van der Waals surface area (Å²) < 4.78 is 0. The first-order valence-electron chi connectivity index (χ1n) is 12.0. The predicted octanol–water partition coefficient (Wildman–Crippen LogP) is 3.18. The topological polar surface area (TPSA) is 52.7 Å². The van der Waals surface area contributed by atoms with Crippen LogP contribution in [-0.2, 0) is 9.59 Å². The first-order valence-corrected chi connectivity index (χ1v) is 12.0. The van der Waals surface area contributed by atoms with E-state index < -0.39 is 0 Å². The number of carbonyl (C=O) groups excluding carboxylic acids is 2. The van der Waals surface area contributed by atoms with Gasteiger partial charge in [-0.15, -0.1) is 0 Å². The third kappa shape index (κ3) is 4.55. The zero-order valence-corrected chi connectivity index (χ0v) is 17.7. The van der Waals surface area contributed by atoms with Gasteiger partial charge in [-0.05, 0) is 76.3 Å². The molecule has 5 heteroatoms. The highest BCUT2D eigenvalue weighted by Crippen LogP contribution is 2.44. The molecule has 0 radical (unpaired) electrons. The van der Waals surface area contributed by atoms with Gasteiger partial charge in [0, 0.05) is 37.5 Å². The molecule has 5 nitrogen and oxygen atoms in total. The molecule has 2 bridgehead atoms. The van der Waals surface area contributed by atoms with E-state index in [-0.39, 0.29) is 5.92 Å². The molecular formula is C23H39N3O2. The summed E-state index contributed by atoms with van der Waals surface area (Å²) in [6.45, 7) is 6.06. The lowest BCUT2D eigenvalue weighted by Gasteiger charge is -2.41. The zero-order valence-electron chi connectivity index (χ0n) is 17.7. The summed E-state index contributed by atoms with van der Waals surface area (Å²) in [6, 6.07) is 1.07. The Morgan fingerprint density at radius 2 is 1.68 bits per heavy atom. The van der Waals surface area contributed by atoms with Crippen molar-refractivity contribution in [3.63, 3.8) is 0 Å². The fourth-order valence-electron chi connectivity index (χ4n) is 6.22. The van der Waals surface area contributed by atoms with Gasteiger partial charge in [0.05, 0.1) is 0 Å². The number of unbranched alkanes of at least 4 members (excludes halogenated alkanes) is 1. The van der Waals surface area contributed by atoms with Gasteiger partial charge >= 0.3 is 0 Å². The normalized spacial score (nSPS) is 32.0. The number of nitrogens with one attached hydrogen (secondary N) is 1. The summed E-state index contributed by atoms with van der Waals surface area (Å²) in [5.41, 5.74) is 0. The lowest BCUT2D eigenvalue weighted by Crippen LogP contribution is -2.51. The summed E-state index contributed by atoms with van der Waals surface area (Å²) in [6.07, 6.45) is 12.3. The number of hydrogen-bond donors (Lipinski definition) is 1. The molecule has 1 N–H and O–H groups in total. The average molecular weight is 390 g/mol. The van der Waals surface area contributed by atoms with E-state index in [0.29, 0.717) is 30.3 Å². The highest BCUT2D eigenvalue weighted by molar-refractivity contribution is 5.79. The van der Waals surface area contributed by atoms with E-state index >= 15 is 0 Å². The minimum absolute atomic E-state index is 0.214. The molecule has 2 heterocycles. The highest BCUT2D eigenvalue weighted by Gasteiger charge is 2.41. The second kappa shape index (κ2) is 9.15. The second-order valence-electron chi connectivity index (χ2n) is 9.82. The molecule has 4 fully saturated rings. The van der Waals surface area contributed by atoms with Crippen molar-refractivity contribution in [1.82, 2.24) is 15.1 Å². The summed E-state index contributed by atoms with van der Waals surface area (Å²) in [5.74, 6) is 2.53. The van der Waals surface area contributed by atoms with E-state index in [1.54, 1.807) is 0 Å². The number of nitrogens with zero attached hydrogens (tertiary/aromatic N) is 2. The van der Waals surface area contributed by atoms with Crippen LogP contribution < -0.4 is 5.32 Å². The van der Waals surface area contributed by atoms with E-state index in [9.17, 15) is 9.59 Å². The van der Waals surface area contributed by atoms with Crippen LogP contribution in [0.3, 0.4) is 0 Å². The molecule has 28 heavy (non-hydrogen) atoms. The van der Waals surface area contributed by atoms with Crippen LogP contribution in [0.2, 0.25) is 0 Å². The Kier molecular flexibility index (Phi) is 6.59. The molecule has 0 aromatic heterocycles. The lowest BCUT2D eigenvalue weighted by molar-refractivity contribution is -0.133. The van der Waals surface area contributed by atoms with Crippen molar-refractivity contribution in [1.29, 1.82) is 0 Å². The summed E-state index contributed by atoms with van der Waals surface area (Å²) in [4.78, 5) is 29.6. The van der Waals surface area contributed by atoms with Crippen LogP contribution in [0.25, 0.3) is 0 Å². The maximum Gasteiger partial charge on any atom is 0.223 e. The van der Waals surface area contributed by atoms with Crippen molar-refractivity contribution >= 4 is 11.8 Å². The maximum absolute atomic E-state index is 12.7. The van der Waals surface area contributed by atoms with E-state index in [0.717, 1.165) is 76.5 Å². The second-order valence-corrected chi connectivity index (χ2v) is 9.82. The van der Waals surface area contributed by atoms with Crippen LogP contribution in [-0.4, -0.2) is 59.9 Å². The quantitative estimate of drug-likeness (QED) is 0.759. The van der Waals surface area contributed by atoms with Gasteiger partial charge in [0.15, 0.2) is 0 Å². The van der Waals surface area contributed by atoms with Crippen molar-refractivity contribution in [2.24, 2.45) is 17.8 Å². The smallest absolute Gasteiger partial charge is 0.223 e. The Bertz CT molecular complexity index is 550. The van der Waals surface area contributed by atoms with Gasteiger partial charge in [-0.1, -0.05) is 19.8 Å². The summed E-state index contributed by atoms with van der Waals surface area (Å²) in [5, 5.41) is 3.41. The highest BCUT2D eigenvalue weighted by atomic mass is 16.2. The lowest BCUT2D eigenvalue weighted by atomic mass is 9.91. The first-order chi connectivity index (χ1) is 13.6. The van der Waals surface area contributed by atoms with Crippen molar-refractivity contribution in [3.05, 3.63) is 0 Å². The number of hydrogen-bond acceptors (Lipinski definition) is 3. The largest absolute Gasteiger partial charge is 0.353 e. The van der Waals surface area contributed by atoms with Gasteiger partial charge < -0.3 is 15.1 Å². The Hall–Kier alpha value is -1.10.